The average molecular weight is 552 g/mol. The van der Waals surface area contributed by atoms with Crippen molar-refractivity contribution in [2.24, 2.45) is 4.99 Å². The minimum Gasteiger partial charge on any atom is -0.325 e. The third-order valence-corrected chi connectivity index (χ3v) is 8.58. The molecule has 2 aliphatic heterocycles. The molecule has 0 aliphatic carbocycles. The summed E-state index contributed by atoms with van der Waals surface area (Å²) in [6.45, 7) is 3.19. The Kier molecular flexibility index (Phi) is 7.15. The van der Waals surface area contributed by atoms with Crippen LogP contribution in [0.15, 0.2) is 107 Å². The molecule has 1 amide bonds. The highest BCUT2D eigenvalue weighted by molar-refractivity contribution is 7.92. The summed E-state index contributed by atoms with van der Waals surface area (Å²) in [5, 5.41) is 2.94. The van der Waals surface area contributed by atoms with Crippen molar-refractivity contribution in [3.05, 3.63) is 114 Å². The van der Waals surface area contributed by atoms with Gasteiger partial charge in [0.1, 0.15) is 10.8 Å². The summed E-state index contributed by atoms with van der Waals surface area (Å²) in [6, 6.07) is 25.9. The number of pyridine rings is 1. The minimum atomic E-state index is -3.85. The van der Waals surface area contributed by atoms with Crippen LogP contribution in [0.2, 0.25) is 0 Å². The largest absolute Gasteiger partial charge is 0.325 e. The summed E-state index contributed by atoms with van der Waals surface area (Å²) in [5.74, 6) is -0.931. The molecule has 8 nitrogen and oxygen atoms in total. The van der Waals surface area contributed by atoms with Crippen molar-refractivity contribution in [3.8, 4) is 0 Å². The maximum atomic E-state index is 13.4. The number of nitrogens with one attached hydrogen (secondary N) is 2. The van der Waals surface area contributed by atoms with Gasteiger partial charge in [-0.2, -0.15) is 0 Å². The second kappa shape index (κ2) is 11.0. The van der Waals surface area contributed by atoms with E-state index in [4.69, 9.17) is 4.99 Å². The molecule has 3 aromatic carbocycles. The van der Waals surface area contributed by atoms with E-state index in [9.17, 15) is 13.2 Å². The van der Waals surface area contributed by atoms with Crippen molar-refractivity contribution in [1.29, 1.82) is 0 Å². The van der Waals surface area contributed by atoms with Gasteiger partial charge >= 0.3 is 0 Å². The number of fused-ring (bicyclic) bond motifs is 1. The first kappa shape index (κ1) is 25.9. The lowest BCUT2D eigenvalue weighted by atomic mass is 9.90. The topological polar surface area (TPSA) is 104 Å². The summed E-state index contributed by atoms with van der Waals surface area (Å²) in [6.07, 6.45) is 5.31. The number of hydrogen-bond donors (Lipinski definition) is 2. The zero-order chi connectivity index (χ0) is 27.5. The van der Waals surface area contributed by atoms with Crippen molar-refractivity contribution < 1.29 is 13.2 Å². The van der Waals surface area contributed by atoms with Gasteiger partial charge in [-0.25, -0.2) is 8.42 Å². The SMILES string of the molecule is O=C1Nc2ccc(NS(=O)(=O)c3cccnc3)cc2C1C(=Nc1ccc(CN2CCCC2)cc1)c1ccccc1. The first-order valence-electron chi connectivity index (χ1n) is 13.3. The quantitative estimate of drug-likeness (QED) is 0.288. The molecule has 202 valence electrons. The first-order valence-corrected chi connectivity index (χ1v) is 14.8. The van der Waals surface area contributed by atoms with Gasteiger partial charge in [0, 0.05) is 30.3 Å². The summed E-state index contributed by atoms with van der Waals surface area (Å²) in [4.78, 5) is 24.8. The number of hydrogen-bond acceptors (Lipinski definition) is 6. The van der Waals surface area contributed by atoms with Crippen molar-refractivity contribution in [2.45, 2.75) is 30.2 Å². The highest BCUT2D eigenvalue weighted by Crippen LogP contribution is 2.38. The molecular weight excluding hydrogens is 522 g/mol. The van der Waals surface area contributed by atoms with Gasteiger partial charge in [-0.1, -0.05) is 42.5 Å². The number of aromatic nitrogens is 1. The zero-order valence-electron chi connectivity index (χ0n) is 21.8. The Morgan fingerprint density at radius 2 is 1.75 bits per heavy atom. The Hall–Kier alpha value is -4.34. The molecule has 0 bridgehead atoms. The molecule has 1 unspecified atom stereocenters. The van der Waals surface area contributed by atoms with Gasteiger partial charge in [0.05, 0.1) is 11.4 Å². The number of benzene rings is 3. The monoisotopic (exact) mass is 551 g/mol. The van der Waals surface area contributed by atoms with Crippen LogP contribution in [-0.4, -0.2) is 43.0 Å². The molecule has 3 heterocycles. The number of sulfonamides is 1. The number of nitrogens with zero attached hydrogens (tertiary/aromatic N) is 3. The van der Waals surface area contributed by atoms with E-state index in [1.807, 2.05) is 42.5 Å². The Labute approximate surface area is 233 Å². The van der Waals surface area contributed by atoms with Crippen molar-refractivity contribution in [1.82, 2.24) is 9.88 Å². The molecule has 6 rings (SSSR count). The average Bonchev–Trinajstić information content (AvgIpc) is 3.60. The Morgan fingerprint density at radius 3 is 2.48 bits per heavy atom. The van der Waals surface area contributed by atoms with E-state index in [0.29, 0.717) is 22.6 Å². The second-order valence-corrected chi connectivity index (χ2v) is 11.7. The maximum Gasteiger partial charge on any atom is 0.263 e. The van der Waals surface area contributed by atoms with Crippen LogP contribution in [0.4, 0.5) is 17.1 Å². The van der Waals surface area contributed by atoms with Gasteiger partial charge in [0.25, 0.3) is 10.0 Å². The number of carbonyl (C=O) groups excluding carboxylic acids is 1. The highest BCUT2D eigenvalue weighted by atomic mass is 32.2. The van der Waals surface area contributed by atoms with E-state index in [0.717, 1.165) is 30.9 Å². The fourth-order valence-corrected chi connectivity index (χ4v) is 6.25. The van der Waals surface area contributed by atoms with Gasteiger partial charge in [0.15, 0.2) is 0 Å². The van der Waals surface area contributed by atoms with Crippen molar-refractivity contribution in [3.63, 3.8) is 0 Å². The second-order valence-electron chi connectivity index (χ2n) is 10.0. The molecule has 0 saturated carbocycles. The standard InChI is InChI=1S/C31H29N5O3S/c37-31-29(27-19-25(14-15-28(27)34-31)35-40(38,39)26-9-6-16-32-20-26)30(23-7-2-1-3-8-23)33-24-12-10-22(11-13-24)21-36-17-4-5-18-36/h1-3,6-16,19-20,29,35H,4-5,17-18,21H2,(H,34,37). The molecule has 2 N–H and O–H groups in total. The predicted octanol–water partition coefficient (Wildman–Crippen LogP) is 5.33. The summed E-state index contributed by atoms with van der Waals surface area (Å²) in [5.41, 5.74) is 5.03. The molecule has 1 saturated heterocycles. The van der Waals surface area contributed by atoms with E-state index in [1.165, 1.54) is 36.9 Å². The first-order chi connectivity index (χ1) is 19.5. The van der Waals surface area contributed by atoms with E-state index in [1.54, 1.807) is 24.3 Å². The van der Waals surface area contributed by atoms with Crippen LogP contribution in [0.1, 0.15) is 35.4 Å². The lowest BCUT2D eigenvalue weighted by molar-refractivity contribution is -0.115. The number of amides is 1. The third kappa shape index (κ3) is 5.52. The highest BCUT2D eigenvalue weighted by Gasteiger charge is 2.36. The number of carbonyl (C=O) groups is 1. The van der Waals surface area contributed by atoms with E-state index in [2.05, 4.69) is 32.1 Å². The lowest BCUT2D eigenvalue weighted by Gasteiger charge is -2.16. The van der Waals surface area contributed by atoms with Crippen molar-refractivity contribution in [2.75, 3.05) is 23.1 Å². The van der Waals surface area contributed by atoms with Crippen LogP contribution in [0.5, 0.6) is 0 Å². The minimum absolute atomic E-state index is 0.0564. The molecule has 0 spiro atoms. The summed E-state index contributed by atoms with van der Waals surface area (Å²) < 4.78 is 28.5. The van der Waals surface area contributed by atoms with Crippen LogP contribution >= 0.6 is 0 Å². The van der Waals surface area contributed by atoms with Crippen LogP contribution in [-0.2, 0) is 21.4 Å². The number of anilines is 2. The van der Waals surface area contributed by atoms with E-state index < -0.39 is 15.9 Å². The molecule has 1 fully saturated rings. The summed E-state index contributed by atoms with van der Waals surface area (Å²) >= 11 is 0. The zero-order valence-corrected chi connectivity index (χ0v) is 22.6. The normalized spacial score (nSPS) is 17.4. The predicted molar refractivity (Wildman–Crippen MR) is 156 cm³/mol. The van der Waals surface area contributed by atoms with E-state index >= 15 is 0 Å². The molecule has 40 heavy (non-hydrogen) atoms. The third-order valence-electron chi connectivity index (χ3n) is 7.21. The number of aliphatic imine (C=N–C) groups is 1. The molecule has 1 aromatic heterocycles. The smallest absolute Gasteiger partial charge is 0.263 e. The van der Waals surface area contributed by atoms with E-state index in [-0.39, 0.29) is 10.8 Å². The fourth-order valence-electron chi connectivity index (χ4n) is 5.24. The van der Waals surface area contributed by atoms with Crippen LogP contribution in [0.25, 0.3) is 0 Å². The van der Waals surface area contributed by atoms with Crippen LogP contribution in [0.3, 0.4) is 0 Å². The molecule has 9 heteroatoms. The van der Waals surface area contributed by atoms with Gasteiger partial charge in [0.2, 0.25) is 5.91 Å². The van der Waals surface area contributed by atoms with Gasteiger partial charge in [-0.3, -0.25) is 24.4 Å². The molecule has 1 atom stereocenters. The van der Waals surface area contributed by atoms with Gasteiger partial charge < -0.3 is 5.32 Å². The maximum absolute atomic E-state index is 13.4. The van der Waals surface area contributed by atoms with Crippen LogP contribution < -0.4 is 10.0 Å². The van der Waals surface area contributed by atoms with Crippen molar-refractivity contribution >= 4 is 38.7 Å². The Morgan fingerprint density at radius 1 is 0.975 bits per heavy atom. The Balaban J connectivity index is 1.34. The summed E-state index contributed by atoms with van der Waals surface area (Å²) in [7, 11) is -3.85. The van der Waals surface area contributed by atoms with Crippen LogP contribution in [0, 0.1) is 0 Å². The Bertz CT molecular complexity index is 1650. The molecular formula is C31H29N5O3S. The van der Waals surface area contributed by atoms with Gasteiger partial charge in [-0.05, 0) is 85.1 Å². The van der Waals surface area contributed by atoms with Gasteiger partial charge in [-0.15, -0.1) is 0 Å². The molecule has 2 aliphatic rings. The molecule has 0 radical (unpaired) electrons. The number of likely N-dealkylation sites (tertiary alicyclic amines) is 1. The number of rotatable bonds is 8. The lowest BCUT2D eigenvalue weighted by Crippen LogP contribution is -2.22. The fraction of sp³-hybridized carbons (Fsp3) is 0.194. The molecule has 4 aromatic rings.